The maximum Gasteiger partial charge on any atom is 0.227 e. The first-order valence-corrected chi connectivity index (χ1v) is 10.1. The maximum atomic E-state index is 12.8. The maximum absolute atomic E-state index is 12.8. The van der Waals surface area contributed by atoms with E-state index in [2.05, 4.69) is 20.3 Å². The highest BCUT2D eigenvalue weighted by Crippen LogP contribution is 2.34. The number of carbonyl (C=O) groups is 1. The number of rotatable bonds is 3. The lowest BCUT2D eigenvalue weighted by molar-refractivity contribution is -0.121. The number of H-pyrrole nitrogens is 1. The van der Waals surface area contributed by atoms with E-state index in [1.165, 1.54) is 6.34 Å². The SMILES string of the molecule is O=C(Nc1cccc2[nH]c(O)c(/C=c3\ccc4c(c3)N=CN=4)c12)C1CCC(O)CC1. The van der Waals surface area contributed by atoms with E-state index in [9.17, 15) is 15.0 Å². The topological polar surface area (TPSA) is 110 Å². The molecule has 0 radical (unpaired) electrons. The number of anilines is 1. The number of aliphatic hydroxyl groups is 1. The van der Waals surface area contributed by atoms with Crippen LogP contribution in [0.5, 0.6) is 5.88 Å². The highest BCUT2D eigenvalue weighted by molar-refractivity contribution is 6.06. The van der Waals surface area contributed by atoms with Gasteiger partial charge in [-0.1, -0.05) is 12.1 Å². The highest BCUT2D eigenvalue weighted by atomic mass is 16.3. The van der Waals surface area contributed by atoms with Gasteiger partial charge in [-0.2, -0.15) is 0 Å². The Morgan fingerprint density at radius 2 is 2.00 bits per heavy atom. The van der Waals surface area contributed by atoms with Gasteiger partial charge in [0, 0.05) is 16.9 Å². The summed E-state index contributed by atoms with van der Waals surface area (Å²) in [6, 6.07) is 11.3. The molecule has 5 rings (SSSR count). The molecule has 3 aromatic rings. The van der Waals surface area contributed by atoms with Crippen molar-refractivity contribution in [2.45, 2.75) is 31.8 Å². The predicted molar refractivity (Wildman–Crippen MR) is 116 cm³/mol. The van der Waals surface area contributed by atoms with Crippen molar-refractivity contribution in [3.8, 4) is 5.88 Å². The number of aromatic amines is 1. The zero-order chi connectivity index (χ0) is 20.7. The number of carbonyl (C=O) groups excluding carboxylic acids is 1. The highest BCUT2D eigenvalue weighted by Gasteiger charge is 2.26. The number of amides is 1. The molecule has 0 bridgehead atoms. The van der Waals surface area contributed by atoms with Crippen LogP contribution >= 0.6 is 0 Å². The standard InChI is InChI=1S/C23H22N4O3/c28-15-7-5-14(6-8-15)22(29)26-18-2-1-3-19-21(18)16(23(30)27-19)10-13-4-9-17-20(11-13)25-12-24-17/h1-4,9-12,14-15,27-28,30H,5-8H2,(H,26,29)/b13-10+. The summed E-state index contributed by atoms with van der Waals surface area (Å²) >= 11 is 0. The van der Waals surface area contributed by atoms with Crippen LogP contribution < -0.4 is 15.9 Å². The molecule has 4 N–H and O–H groups in total. The number of fused-ring (bicyclic) bond motifs is 2. The van der Waals surface area contributed by atoms with Crippen LogP contribution in [0.3, 0.4) is 0 Å². The molecule has 1 fully saturated rings. The summed E-state index contributed by atoms with van der Waals surface area (Å²) in [6.07, 6.45) is 5.76. The summed E-state index contributed by atoms with van der Waals surface area (Å²) in [7, 11) is 0. The number of nitrogens with zero attached hydrogens (tertiary/aromatic N) is 2. The molecule has 2 aromatic carbocycles. The van der Waals surface area contributed by atoms with E-state index in [-0.39, 0.29) is 23.8 Å². The van der Waals surface area contributed by atoms with Gasteiger partial charge in [0.2, 0.25) is 5.91 Å². The summed E-state index contributed by atoms with van der Waals surface area (Å²) in [5, 5.41) is 25.7. The number of aliphatic hydroxyl groups excluding tert-OH is 1. The fourth-order valence-electron chi connectivity index (χ4n) is 4.24. The lowest BCUT2D eigenvalue weighted by atomic mass is 9.87. The number of aliphatic imine (C=N–C) groups is 1. The van der Waals surface area contributed by atoms with Crippen molar-refractivity contribution in [1.82, 2.24) is 4.98 Å². The molecule has 7 nitrogen and oxygen atoms in total. The van der Waals surface area contributed by atoms with Crippen LogP contribution in [-0.4, -0.2) is 33.5 Å². The van der Waals surface area contributed by atoms with Crippen LogP contribution in [0, 0.1) is 5.92 Å². The molecule has 1 aliphatic carbocycles. The van der Waals surface area contributed by atoms with Gasteiger partial charge in [-0.05, 0) is 61.2 Å². The third-order valence-electron chi connectivity index (χ3n) is 5.87. The number of aromatic hydroxyl groups is 1. The number of hydrogen-bond donors (Lipinski definition) is 4. The largest absolute Gasteiger partial charge is 0.494 e. The van der Waals surface area contributed by atoms with E-state index in [0.717, 1.165) is 27.2 Å². The molecule has 2 aliphatic rings. The van der Waals surface area contributed by atoms with E-state index < -0.39 is 0 Å². The molecule has 152 valence electrons. The number of aromatic nitrogens is 1. The molecule has 7 heteroatoms. The predicted octanol–water partition coefficient (Wildman–Crippen LogP) is 2.48. The van der Waals surface area contributed by atoms with Gasteiger partial charge in [0.05, 0.1) is 28.4 Å². The van der Waals surface area contributed by atoms with Gasteiger partial charge < -0.3 is 20.5 Å². The number of benzene rings is 2. The monoisotopic (exact) mass is 402 g/mol. The van der Waals surface area contributed by atoms with Gasteiger partial charge in [0.15, 0.2) is 5.88 Å². The van der Waals surface area contributed by atoms with Gasteiger partial charge in [-0.3, -0.25) is 4.79 Å². The fraction of sp³-hybridized carbons (Fsp3) is 0.261. The zero-order valence-corrected chi connectivity index (χ0v) is 16.3. The van der Waals surface area contributed by atoms with Crippen molar-refractivity contribution in [3.63, 3.8) is 0 Å². The van der Waals surface area contributed by atoms with Crippen LogP contribution in [-0.2, 0) is 4.79 Å². The minimum absolute atomic E-state index is 0.0428. The normalized spacial score (nSPS) is 20.9. The molecule has 0 atom stereocenters. The first-order chi connectivity index (χ1) is 14.6. The van der Waals surface area contributed by atoms with Crippen LogP contribution in [0.4, 0.5) is 11.4 Å². The summed E-state index contributed by atoms with van der Waals surface area (Å²) in [5.41, 5.74) is 2.79. The van der Waals surface area contributed by atoms with Crippen LogP contribution in [0.15, 0.2) is 46.4 Å². The number of hydrogen-bond acceptors (Lipinski definition) is 5. The Morgan fingerprint density at radius 1 is 1.17 bits per heavy atom. The third-order valence-corrected chi connectivity index (χ3v) is 5.87. The summed E-state index contributed by atoms with van der Waals surface area (Å²) in [6.45, 7) is 0. The number of nitrogens with one attached hydrogen (secondary N) is 2. The minimum atomic E-state index is -0.301. The lowest BCUT2D eigenvalue weighted by Gasteiger charge is -2.24. The average Bonchev–Trinajstić information content (AvgIpc) is 3.33. The molecule has 0 spiro atoms. The molecule has 2 heterocycles. The van der Waals surface area contributed by atoms with Crippen molar-refractivity contribution in [2.24, 2.45) is 15.9 Å². The lowest BCUT2D eigenvalue weighted by Crippen LogP contribution is -2.28. The van der Waals surface area contributed by atoms with Gasteiger partial charge in [0.1, 0.15) is 6.34 Å². The van der Waals surface area contributed by atoms with E-state index in [4.69, 9.17) is 0 Å². The Kier molecular flexibility index (Phi) is 4.59. The fourth-order valence-corrected chi connectivity index (χ4v) is 4.24. The summed E-state index contributed by atoms with van der Waals surface area (Å²) < 4.78 is 0. The first-order valence-electron chi connectivity index (χ1n) is 10.1. The van der Waals surface area contributed by atoms with Crippen molar-refractivity contribution in [3.05, 3.63) is 52.5 Å². The Morgan fingerprint density at radius 3 is 2.83 bits per heavy atom. The molecule has 1 aliphatic heterocycles. The van der Waals surface area contributed by atoms with Gasteiger partial charge in [-0.25, -0.2) is 9.98 Å². The third kappa shape index (κ3) is 3.37. The average molecular weight is 402 g/mol. The van der Waals surface area contributed by atoms with Gasteiger partial charge >= 0.3 is 0 Å². The summed E-state index contributed by atoms with van der Waals surface area (Å²) in [4.78, 5) is 24.2. The zero-order valence-electron chi connectivity index (χ0n) is 16.3. The Labute approximate surface area is 172 Å². The second kappa shape index (κ2) is 7.42. The van der Waals surface area contributed by atoms with Crippen molar-refractivity contribution in [2.75, 3.05) is 5.32 Å². The second-order valence-electron chi connectivity index (χ2n) is 7.88. The van der Waals surface area contributed by atoms with Crippen molar-refractivity contribution in [1.29, 1.82) is 0 Å². The van der Waals surface area contributed by atoms with E-state index in [1.807, 2.05) is 42.5 Å². The van der Waals surface area contributed by atoms with Gasteiger partial charge in [-0.15, -0.1) is 0 Å². The molecule has 0 saturated heterocycles. The van der Waals surface area contributed by atoms with Crippen molar-refractivity contribution < 1.29 is 15.0 Å². The molecule has 30 heavy (non-hydrogen) atoms. The molecule has 1 aromatic heterocycles. The van der Waals surface area contributed by atoms with Crippen LogP contribution in [0.25, 0.3) is 17.0 Å². The second-order valence-corrected chi connectivity index (χ2v) is 7.88. The Balaban J connectivity index is 1.53. The van der Waals surface area contributed by atoms with Crippen LogP contribution in [0.2, 0.25) is 0 Å². The minimum Gasteiger partial charge on any atom is -0.494 e. The van der Waals surface area contributed by atoms with E-state index >= 15 is 0 Å². The van der Waals surface area contributed by atoms with E-state index in [0.29, 0.717) is 36.9 Å². The Hall–Kier alpha value is -3.45. The molecule has 0 unspecified atom stereocenters. The molecule has 1 saturated carbocycles. The van der Waals surface area contributed by atoms with E-state index in [1.54, 1.807) is 0 Å². The van der Waals surface area contributed by atoms with Crippen LogP contribution in [0.1, 0.15) is 31.2 Å². The first kappa shape index (κ1) is 18.6. The van der Waals surface area contributed by atoms with Gasteiger partial charge in [0.25, 0.3) is 0 Å². The molecular formula is C23H22N4O3. The Bertz CT molecular complexity index is 1280. The van der Waals surface area contributed by atoms with Crippen molar-refractivity contribution >= 4 is 40.6 Å². The molecular weight excluding hydrogens is 380 g/mol. The summed E-state index contributed by atoms with van der Waals surface area (Å²) in [5.74, 6) is -0.113. The smallest absolute Gasteiger partial charge is 0.227 e. The molecule has 1 amide bonds. The quantitative estimate of drug-likeness (QED) is 0.540.